The van der Waals surface area contributed by atoms with Gasteiger partial charge in [0, 0.05) is 29.6 Å². The molecule has 5 nitrogen and oxygen atoms in total. The van der Waals surface area contributed by atoms with Crippen molar-refractivity contribution in [2.75, 3.05) is 18.4 Å². The quantitative estimate of drug-likeness (QED) is 0.746. The van der Waals surface area contributed by atoms with Crippen molar-refractivity contribution in [3.63, 3.8) is 0 Å². The van der Waals surface area contributed by atoms with Crippen LogP contribution in [-0.2, 0) is 20.6 Å². The normalized spacial score (nSPS) is 16.1. The van der Waals surface area contributed by atoms with Gasteiger partial charge in [-0.15, -0.1) is 0 Å². The number of carbonyl (C=O) groups is 1. The number of amides is 1. The maximum Gasteiger partial charge on any atom is 0.227 e. The van der Waals surface area contributed by atoms with Gasteiger partial charge in [-0.1, -0.05) is 41.4 Å². The number of hydrogen-bond acceptors (Lipinski definition) is 3. The van der Waals surface area contributed by atoms with E-state index >= 15 is 0 Å². The summed E-state index contributed by atoms with van der Waals surface area (Å²) >= 11 is 12.0. The summed E-state index contributed by atoms with van der Waals surface area (Å²) in [5.74, 6) is -1.50. The predicted octanol–water partition coefficient (Wildman–Crippen LogP) is 4.31. The number of anilines is 1. The monoisotopic (exact) mass is 444 g/mol. The van der Waals surface area contributed by atoms with Crippen LogP contribution in [0.4, 0.5) is 10.1 Å². The SMILES string of the molecule is O=C(Nc1cc(Cl)ccc1Cl)C1CCN(S(=O)(=O)Cc2ccccc2F)CC1. The van der Waals surface area contributed by atoms with E-state index in [2.05, 4.69) is 5.32 Å². The van der Waals surface area contributed by atoms with Crippen LogP contribution < -0.4 is 5.32 Å². The van der Waals surface area contributed by atoms with E-state index in [0.29, 0.717) is 28.6 Å². The van der Waals surface area contributed by atoms with E-state index in [1.807, 2.05) is 0 Å². The largest absolute Gasteiger partial charge is 0.324 e. The van der Waals surface area contributed by atoms with Gasteiger partial charge in [-0.3, -0.25) is 4.79 Å². The van der Waals surface area contributed by atoms with Crippen LogP contribution in [-0.4, -0.2) is 31.7 Å². The zero-order chi connectivity index (χ0) is 20.3. The second kappa shape index (κ2) is 8.78. The Labute approximate surface area is 173 Å². The highest BCUT2D eigenvalue weighted by Crippen LogP contribution is 2.28. The first-order chi connectivity index (χ1) is 13.3. The number of nitrogens with one attached hydrogen (secondary N) is 1. The van der Waals surface area contributed by atoms with Gasteiger partial charge >= 0.3 is 0 Å². The summed E-state index contributed by atoms with van der Waals surface area (Å²) in [5, 5.41) is 3.58. The Balaban J connectivity index is 1.60. The molecular weight excluding hydrogens is 426 g/mol. The molecule has 0 aliphatic carbocycles. The lowest BCUT2D eigenvalue weighted by atomic mass is 9.97. The third kappa shape index (κ3) is 5.03. The molecule has 0 radical (unpaired) electrons. The number of hydrogen-bond donors (Lipinski definition) is 1. The Morgan fingerprint density at radius 1 is 1.14 bits per heavy atom. The van der Waals surface area contributed by atoms with Crippen molar-refractivity contribution in [1.82, 2.24) is 4.31 Å². The van der Waals surface area contributed by atoms with Gasteiger partial charge in [0.2, 0.25) is 15.9 Å². The van der Waals surface area contributed by atoms with Crippen molar-refractivity contribution >= 4 is 44.8 Å². The third-order valence-electron chi connectivity index (χ3n) is 4.70. The topological polar surface area (TPSA) is 66.5 Å². The van der Waals surface area contributed by atoms with E-state index in [9.17, 15) is 17.6 Å². The lowest BCUT2D eigenvalue weighted by Crippen LogP contribution is -2.42. The summed E-state index contributed by atoms with van der Waals surface area (Å²) in [6.45, 7) is 0.413. The summed E-state index contributed by atoms with van der Waals surface area (Å²) in [5.41, 5.74) is 0.562. The first-order valence-electron chi connectivity index (χ1n) is 8.73. The third-order valence-corrected chi connectivity index (χ3v) is 7.09. The van der Waals surface area contributed by atoms with Gasteiger partial charge in [0.1, 0.15) is 5.82 Å². The van der Waals surface area contributed by atoms with Crippen molar-refractivity contribution < 1.29 is 17.6 Å². The fraction of sp³-hybridized carbons (Fsp3) is 0.316. The maximum absolute atomic E-state index is 13.8. The first-order valence-corrected chi connectivity index (χ1v) is 11.1. The van der Waals surface area contributed by atoms with Crippen molar-refractivity contribution in [1.29, 1.82) is 0 Å². The van der Waals surface area contributed by atoms with Gasteiger partial charge in [-0.2, -0.15) is 0 Å². The average molecular weight is 445 g/mol. The van der Waals surface area contributed by atoms with Crippen molar-refractivity contribution in [3.05, 3.63) is 63.9 Å². The number of carbonyl (C=O) groups excluding carboxylic acids is 1. The minimum Gasteiger partial charge on any atom is -0.324 e. The highest BCUT2D eigenvalue weighted by molar-refractivity contribution is 7.88. The highest BCUT2D eigenvalue weighted by atomic mass is 35.5. The van der Waals surface area contributed by atoms with Gasteiger partial charge < -0.3 is 5.32 Å². The van der Waals surface area contributed by atoms with Gasteiger partial charge in [-0.05, 0) is 37.1 Å². The van der Waals surface area contributed by atoms with E-state index in [0.717, 1.165) is 0 Å². The molecule has 0 spiro atoms. The molecule has 1 amide bonds. The maximum atomic E-state index is 13.8. The average Bonchev–Trinajstić information content (AvgIpc) is 2.66. The van der Waals surface area contributed by atoms with Crippen LogP contribution in [0.3, 0.4) is 0 Å². The molecule has 1 saturated heterocycles. The highest BCUT2D eigenvalue weighted by Gasteiger charge is 2.31. The van der Waals surface area contributed by atoms with E-state index in [-0.39, 0.29) is 30.5 Å². The molecule has 1 heterocycles. The molecule has 28 heavy (non-hydrogen) atoms. The van der Waals surface area contributed by atoms with Crippen LogP contribution in [0.1, 0.15) is 18.4 Å². The molecule has 0 atom stereocenters. The van der Waals surface area contributed by atoms with E-state index in [1.165, 1.54) is 22.5 Å². The van der Waals surface area contributed by atoms with Crippen LogP contribution in [0.15, 0.2) is 42.5 Å². The van der Waals surface area contributed by atoms with Crippen LogP contribution >= 0.6 is 23.2 Å². The Bertz CT molecular complexity index is 977. The van der Waals surface area contributed by atoms with E-state index < -0.39 is 21.6 Å². The summed E-state index contributed by atoms with van der Waals surface area (Å²) in [6, 6.07) is 10.6. The lowest BCUT2D eigenvalue weighted by Gasteiger charge is -2.30. The van der Waals surface area contributed by atoms with E-state index in [1.54, 1.807) is 24.3 Å². The number of rotatable bonds is 5. The van der Waals surface area contributed by atoms with Gasteiger partial charge in [0.05, 0.1) is 16.5 Å². The Morgan fingerprint density at radius 3 is 2.50 bits per heavy atom. The molecule has 1 N–H and O–H groups in total. The molecule has 1 aliphatic rings. The van der Waals surface area contributed by atoms with Crippen molar-refractivity contribution in [3.8, 4) is 0 Å². The second-order valence-electron chi connectivity index (χ2n) is 6.63. The van der Waals surface area contributed by atoms with Crippen LogP contribution in [0, 0.1) is 11.7 Å². The summed E-state index contributed by atoms with van der Waals surface area (Å²) in [6.07, 6.45) is 0.751. The molecule has 2 aromatic rings. The Hall–Kier alpha value is -1.67. The number of nitrogens with zero attached hydrogens (tertiary/aromatic N) is 1. The first kappa shape index (κ1) is 21.0. The fourth-order valence-electron chi connectivity index (χ4n) is 3.13. The van der Waals surface area contributed by atoms with Crippen molar-refractivity contribution in [2.24, 2.45) is 5.92 Å². The summed E-state index contributed by atoms with van der Waals surface area (Å²) in [4.78, 5) is 12.5. The molecule has 3 rings (SSSR count). The number of piperidine rings is 1. The Morgan fingerprint density at radius 2 is 1.82 bits per heavy atom. The van der Waals surface area contributed by atoms with Gasteiger partial charge in [-0.25, -0.2) is 17.1 Å². The zero-order valence-electron chi connectivity index (χ0n) is 14.9. The fourth-order valence-corrected chi connectivity index (χ4v) is 5.04. The molecule has 0 unspecified atom stereocenters. The van der Waals surface area contributed by atoms with Crippen LogP contribution in [0.5, 0.6) is 0 Å². The molecule has 1 aliphatic heterocycles. The molecule has 9 heteroatoms. The molecule has 0 aromatic heterocycles. The molecule has 150 valence electrons. The van der Waals surface area contributed by atoms with Gasteiger partial charge in [0.25, 0.3) is 0 Å². The predicted molar refractivity (Wildman–Crippen MR) is 108 cm³/mol. The minimum absolute atomic E-state index is 0.137. The van der Waals surface area contributed by atoms with E-state index in [4.69, 9.17) is 23.2 Å². The number of benzene rings is 2. The number of sulfonamides is 1. The number of halogens is 3. The minimum atomic E-state index is -3.66. The smallest absolute Gasteiger partial charge is 0.227 e. The summed E-state index contributed by atoms with van der Waals surface area (Å²) in [7, 11) is -3.66. The molecule has 1 fully saturated rings. The Kier molecular flexibility index (Phi) is 6.60. The van der Waals surface area contributed by atoms with Gasteiger partial charge in [0.15, 0.2) is 0 Å². The molecular formula is C19H19Cl2FN2O3S. The standard InChI is InChI=1S/C19H19Cl2FN2O3S/c20-15-5-6-16(21)18(11-15)23-19(25)13-7-9-24(10-8-13)28(26,27)12-14-3-1-2-4-17(14)22/h1-6,11,13H,7-10,12H2,(H,23,25). The van der Waals surface area contributed by atoms with Crippen molar-refractivity contribution in [2.45, 2.75) is 18.6 Å². The second-order valence-corrected chi connectivity index (χ2v) is 9.45. The summed E-state index contributed by atoms with van der Waals surface area (Å²) < 4.78 is 40.2. The molecule has 2 aromatic carbocycles. The van der Waals surface area contributed by atoms with Crippen LogP contribution in [0.25, 0.3) is 0 Å². The molecule has 0 saturated carbocycles. The lowest BCUT2D eigenvalue weighted by molar-refractivity contribution is -0.120. The molecule has 0 bridgehead atoms. The zero-order valence-corrected chi connectivity index (χ0v) is 17.2. The van der Waals surface area contributed by atoms with Crippen LogP contribution in [0.2, 0.25) is 10.0 Å².